The standard InChI is InChI=1S/C18H16ClN3O4/c1-26-14-7-5-11(6-8-14)17(24)21-20-15-10-16(23)22(18(15)25)13-4-2-3-12(19)9-13/h2-9,15,20H,10H2,1H3,(H,21,24)/t15-/m0/s1. The van der Waals surface area contributed by atoms with Crippen molar-refractivity contribution in [3.63, 3.8) is 0 Å². The molecule has 3 rings (SSSR count). The average Bonchev–Trinajstić information content (AvgIpc) is 2.93. The Bertz CT molecular complexity index is 854. The van der Waals surface area contributed by atoms with Gasteiger partial charge in [0.05, 0.1) is 19.2 Å². The molecule has 8 heteroatoms. The van der Waals surface area contributed by atoms with E-state index in [0.29, 0.717) is 22.0 Å². The Balaban J connectivity index is 1.64. The Morgan fingerprint density at radius 1 is 1.19 bits per heavy atom. The predicted molar refractivity (Wildman–Crippen MR) is 95.9 cm³/mol. The number of anilines is 1. The Morgan fingerprint density at radius 2 is 1.92 bits per heavy atom. The number of hydrogen-bond donors (Lipinski definition) is 2. The summed E-state index contributed by atoms with van der Waals surface area (Å²) in [6, 6.07) is 12.1. The second kappa shape index (κ2) is 7.55. The van der Waals surface area contributed by atoms with Gasteiger partial charge in [0, 0.05) is 10.6 Å². The molecule has 0 aliphatic carbocycles. The number of nitrogens with one attached hydrogen (secondary N) is 2. The van der Waals surface area contributed by atoms with E-state index in [4.69, 9.17) is 16.3 Å². The van der Waals surface area contributed by atoms with Crippen molar-refractivity contribution in [2.75, 3.05) is 12.0 Å². The van der Waals surface area contributed by atoms with Crippen LogP contribution in [0, 0.1) is 0 Å². The van der Waals surface area contributed by atoms with E-state index in [2.05, 4.69) is 10.9 Å². The van der Waals surface area contributed by atoms with Crippen molar-refractivity contribution >= 4 is 35.0 Å². The van der Waals surface area contributed by atoms with Crippen LogP contribution in [-0.2, 0) is 9.59 Å². The third kappa shape index (κ3) is 3.68. The lowest BCUT2D eigenvalue weighted by Gasteiger charge is -2.16. The van der Waals surface area contributed by atoms with Crippen molar-refractivity contribution in [3.8, 4) is 5.75 Å². The van der Waals surface area contributed by atoms with Crippen LogP contribution in [0.4, 0.5) is 5.69 Å². The second-order valence-electron chi connectivity index (χ2n) is 5.63. The van der Waals surface area contributed by atoms with Crippen LogP contribution in [0.15, 0.2) is 48.5 Å². The van der Waals surface area contributed by atoms with Gasteiger partial charge in [-0.2, -0.15) is 0 Å². The highest BCUT2D eigenvalue weighted by molar-refractivity contribution is 6.31. The van der Waals surface area contributed by atoms with Gasteiger partial charge in [-0.05, 0) is 42.5 Å². The first-order chi connectivity index (χ1) is 12.5. The number of ether oxygens (including phenoxy) is 1. The van der Waals surface area contributed by atoms with E-state index in [1.165, 1.54) is 13.2 Å². The molecule has 0 unspecified atom stereocenters. The van der Waals surface area contributed by atoms with Crippen LogP contribution in [0.2, 0.25) is 5.02 Å². The first kappa shape index (κ1) is 17.9. The molecule has 1 aliphatic heterocycles. The van der Waals surface area contributed by atoms with Gasteiger partial charge in [0.25, 0.3) is 11.8 Å². The van der Waals surface area contributed by atoms with Gasteiger partial charge < -0.3 is 4.74 Å². The highest BCUT2D eigenvalue weighted by Crippen LogP contribution is 2.25. The van der Waals surface area contributed by atoms with Gasteiger partial charge in [-0.3, -0.25) is 19.8 Å². The number of benzene rings is 2. The van der Waals surface area contributed by atoms with Crippen LogP contribution >= 0.6 is 11.6 Å². The quantitative estimate of drug-likeness (QED) is 0.617. The lowest BCUT2D eigenvalue weighted by Crippen LogP contribution is -2.48. The summed E-state index contributed by atoms with van der Waals surface area (Å²) in [5.74, 6) is -0.613. The van der Waals surface area contributed by atoms with Crippen LogP contribution in [-0.4, -0.2) is 30.9 Å². The van der Waals surface area contributed by atoms with E-state index in [0.717, 1.165) is 4.90 Å². The van der Waals surface area contributed by atoms with E-state index < -0.39 is 17.9 Å². The molecule has 1 saturated heterocycles. The van der Waals surface area contributed by atoms with Crippen molar-refractivity contribution in [2.24, 2.45) is 0 Å². The molecule has 2 aromatic carbocycles. The number of rotatable bonds is 5. The lowest BCUT2D eigenvalue weighted by atomic mass is 10.2. The van der Waals surface area contributed by atoms with Crippen molar-refractivity contribution in [2.45, 2.75) is 12.5 Å². The first-order valence-corrected chi connectivity index (χ1v) is 8.19. The fraction of sp³-hybridized carbons (Fsp3) is 0.167. The summed E-state index contributed by atoms with van der Waals surface area (Å²) in [5, 5.41) is 0.423. The monoisotopic (exact) mass is 373 g/mol. The summed E-state index contributed by atoms with van der Waals surface area (Å²) < 4.78 is 5.03. The number of imide groups is 1. The third-order valence-electron chi connectivity index (χ3n) is 3.93. The number of amides is 3. The van der Waals surface area contributed by atoms with Gasteiger partial charge in [0.2, 0.25) is 5.91 Å². The molecular formula is C18H16ClN3O4. The molecule has 134 valence electrons. The van der Waals surface area contributed by atoms with Crippen LogP contribution in [0.3, 0.4) is 0 Å². The summed E-state index contributed by atoms with van der Waals surface area (Å²) >= 11 is 5.92. The number of hydrogen-bond acceptors (Lipinski definition) is 5. The highest BCUT2D eigenvalue weighted by atomic mass is 35.5. The molecule has 0 saturated carbocycles. The molecule has 26 heavy (non-hydrogen) atoms. The van der Waals surface area contributed by atoms with E-state index in [9.17, 15) is 14.4 Å². The van der Waals surface area contributed by atoms with Gasteiger partial charge in [0.1, 0.15) is 11.8 Å². The number of nitrogens with zero attached hydrogens (tertiary/aromatic N) is 1. The molecule has 7 nitrogen and oxygen atoms in total. The van der Waals surface area contributed by atoms with Gasteiger partial charge in [-0.15, -0.1) is 0 Å². The van der Waals surface area contributed by atoms with Crippen LogP contribution in [0.1, 0.15) is 16.8 Å². The maximum absolute atomic E-state index is 12.5. The number of carbonyl (C=O) groups is 3. The largest absolute Gasteiger partial charge is 0.497 e. The van der Waals surface area contributed by atoms with Crippen molar-refractivity contribution in [1.82, 2.24) is 10.9 Å². The smallest absolute Gasteiger partial charge is 0.265 e. The molecule has 0 spiro atoms. The molecule has 2 N–H and O–H groups in total. The minimum Gasteiger partial charge on any atom is -0.497 e. The molecule has 0 radical (unpaired) electrons. The second-order valence-corrected chi connectivity index (χ2v) is 6.07. The zero-order valence-electron chi connectivity index (χ0n) is 13.9. The summed E-state index contributed by atoms with van der Waals surface area (Å²) in [5.41, 5.74) is 5.88. The zero-order valence-corrected chi connectivity index (χ0v) is 14.6. The van der Waals surface area contributed by atoms with Crippen LogP contribution in [0.25, 0.3) is 0 Å². The SMILES string of the molecule is COc1ccc(C(=O)NN[C@H]2CC(=O)N(c3cccc(Cl)c3)C2=O)cc1. The number of carbonyl (C=O) groups excluding carboxylic acids is 3. The molecule has 1 atom stereocenters. The predicted octanol–water partition coefficient (Wildman–Crippen LogP) is 1.92. The van der Waals surface area contributed by atoms with E-state index >= 15 is 0 Å². The summed E-state index contributed by atoms with van der Waals surface area (Å²) in [4.78, 5) is 37.9. The van der Waals surface area contributed by atoms with E-state index in [1.807, 2.05) is 0 Å². The average molecular weight is 374 g/mol. The molecule has 2 aromatic rings. The minimum absolute atomic E-state index is 0.0613. The maximum Gasteiger partial charge on any atom is 0.265 e. The fourth-order valence-corrected chi connectivity index (χ4v) is 2.78. The number of methoxy groups -OCH3 is 1. The number of hydrazine groups is 1. The molecule has 0 bridgehead atoms. The Kier molecular flexibility index (Phi) is 5.20. The first-order valence-electron chi connectivity index (χ1n) is 7.82. The lowest BCUT2D eigenvalue weighted by molar-refractivity contribution is -0.121. The van der Waals surface area contributed by atoms with Crippen LogP contribution < -0.4 is 20.5 Å². The van der Waals surface area contributed by atoms with Crippen molar-refractivity contribution in [1.29, 1.82) is 0 Å². The van der Waals surface area contributed by atoms with Crippen molar-refractivity contribution < 1.29 is 19.1 Å². The van der Waals surface area contributed by atoms with Crippen LogP contribution in [0.5, 0.6) is 5.75 Å². The summed E-state index contributed by atoms with van der Waals surface area (Å²) in [6.45, 7) is 0. The molecule has 1 fully saturated rings. The van der Waals surface area contributed by atoms with Gasteiger partial charge >= 0.3 is 0 Å². The summed E-state index contributed by atoms with van der Waals surface area (Å²) in [6.07, 6.45) is -0.0613. The highest BCUT2D eigenvalue weighted by Gasteiger charge is 2.39. The molecule has 0 aromatic heterocycles. The Morgan fingerprint density at radius 3 is 2.58 bits per heavy atom. The molecular weight excluding hydrogens is 358 g/mol. The van der Waals surface area contributed by atoms with Crippen molar-refractivity contribution in [3.05, 3.63) is 59.1 Å². The zero-order chi connectivity index (χ0) is 18.7. The molecule has 1 aliphatic rings. The normalized spacial score (nSPS) is 16.7. The van der Waals surface area contributed by atoms with Gasteiger partial charge in [-0.1, -0.05) is 17.7 Å². The van der Waals surface area contributed by atoms with Gasteiger partial charge in [-0.25, -0.2) is 10.3 Å². The topological polar surface area (TPSA) is 87.7 Å². The van der Waals surface area contributed by atoms with Gasteiger partial charge in [0.15, 0.2) is 0 Å². The summed E-state index contributed by atoms with van der Waals surface area (Å²) in [7, 11) is 1.53. The minimum atomic E-state index is -0.844. The molecule has 3 amide bonds. The Labute approximate surface area is 154 Å². The molecule has 1 heterocycles. The third-order valence-corrected chi connectivity index (χ3v) is 4.16. The number of halogens is 1. The Hall–Kier alpha value is -2.90. The maximum atomic E-state index is 12.5. The van der Waals surface area contributed by atoms with E-state index in [-0.39, 0.29) is 12.3 Å². The fourth-order valence-electron chi connectivity index (χ4n) is 2.60. The van der Waals surface area contributed by atoms with E-state index in [1.54, 1.807) is 42.5 Å².